The lowest BCUT2D eigenvalue weighted by atomic mass is 9.61. The second-order valence-electron chi connectivity index (χ2n) is 7.60. The Labute approximate surface area is 171 Å². The van der Waals surface area contributed by atoms with Crippen molar-refractivity contribution >= 4 is 23.3 Å². The number of ether oxygens (including phenoxy) is 2. The summed E-state index contributed by atoms with van der Waals surface area (Å²) in [5.41, 5.74) is 0.0954. The van der Waals surface area contributed by atoms with Crippen LogP contribution in [0.2, 0.25) is 0 Å². The second-order valence-corrected chi connectivity index (χ2v) is 7.60. The van der Waals surface area contributed by atoms with Crippen molar-refractivity contribution in [1.82, 2.24) is 0 Å². The number of anilines is 1. The molecule has 0 bridgehead atoms. The molecule has 4 atom stereocenters. The molecule has 0 aliphatic heterocycles. The highest BCUT2D eigenvalue weighted by Crippen LogP contribution is 2.47. The standard InChI is InChI=1S/C21H30N2O6/c1-6-28-19(24)17-15(22-27)12-21(3,26)18(20(25)29-7-2)16(17)13-8-10-14(11-9-13)23(4)5/h8-11,16-18,26-27H,6-7,12H2,1-5H3/b22-15+/t16-,17+,18+,21+/m1/s1. The summed E-state index contributed by atoms with van der Waals surface area (Å²) in [6.07, 6.45) is -0.150. The first-order chi connectivity index (χ1) is 13.7. The fraction of sp³-hybridized carbons (Fsp3) is 0.571. The van der Waals surface area contributed by atoms with Gasteiger partial charge in [-0.25, -0.2) is 0 Å². The molecule has 1 aromatic carbocycles. The number of hydrogen-bond donors (Lipinski definition) is 2. The van der Waals surface area contributed by atoms with Crippen LogP contribution >= 0.6 is 0 Å². The summed E-state index contributed by atoms with van der Waals surface area (Å²) in [4.78, 5) is 27.6. The van der Waals surface area contributed by atoms with Crippen molar-refractivity contribution in [1.29, 1.82) is 0 Å². The number of benzene rings is 1. The predicted molar refractivity (Wildman–Crippen MR) is 108 cm³/mol. The average Bonchev–Trinajstić information content (AvgIpc) is 2.66. The summed E-state index contributed by atoms with van der Waals surface area (Å²) < 4.78 is 10.4. The SMILES string of the molecule is CCOC(=O)[C@@H]1[C@H](c2ccc(N(C)C)cc2)[C@@H](C(=O)OCC)/C(=N/O)C[C@]1(C)O. The number of nitrogens with zero attached hydrogens (tertiary/aromatic N) is 2. The minimum atomic E-state index is -1.57. The van der Waals surface area contributed by atoms with E-state index in [1.807, 2.05) is 31.1 Å². The van der Waals surface area contributed by atoms with Gasteiger partial charge in [-0.3, -0.25) is 9.59 Å². The van der Waals surface area contributed by atoms with Gasteiger partial charge in [0.2, 0.25) is 0 Å². The fourth-order valence-electron chi connectivity index (χ4n) is 4.00. The van der Waals surface area contributed by atoms with E-state index < -0.39 is 35.3 Å². The Morgan fingerprint density at radius 1 is 1.14 bits per heavy atom. The van der Waals surface area contributed by atoms with E-state index in [1.54, 1.807) is 26.0 Å². The van der Waals surface area contributed by atoms with Crippen LogP contribution in [0.15, 0.2) is 29.4 Å². The summed E-state index contributed by atoms with van der Waals surface area (Å²) in [7, 11) is 3.81. The molecule has 0 radical (unpaired) electrons. The van der Waals surface area contributed by atoms with Gasteiger partial charge >= 0.3 is 11.9 Å². The molecule has 1 saturated carbocycles. The van der Waals surface area contributed by atoms with Crippen LogP contribution in [0, 0.1) is 11.8 Å². The Bertz CT molecular complexity index is 757. The minimum absolute atomic E-state index is 0.0793. The lowest BCUT2D eigenvalue weighted by Crippen LogP contribution is -2.55. The van der Waals surface area contributed by atoms with Crippen molar-refractivity contribution < 1.29 is 29.4 Å². The third-order valence-electron chi connectivity index (χ3n) is 5.29. The molecule has 0 heterocycles. The molecule has 1 aliphatic rings. The first kappa shape index (κ1) is 22.7. The van der Waals surface area contributed by atoms with E-state index in [-0.39, 0.29) is 25.3 Å². The van der Waals surface area contributed by atoms with E-state index in [0.717, 1.165) is 5.69 Å². The van der Waals surface area contributed by atoms with Crippen LogP contribution in [0.5, 0.6) is 0 Å². The van der Waals surface area contributed by atoms with E-state index in [2.05, 4.69) is 5.16 Å². The number of esters is 2. The van der Waals surface area contributed by atoms with Gasteiger partial charge in [-0.2, -0.15) is 0 Å². The molecule has 160 valence electrons. The van der Waals surface area contributed by atoms with Crippen LogP contribution in [-0.2, 0) is 19.1 Å². The quantitative estimate of drug-likeness (QED) is 0.423. The van der Waals surface area contributed by atoms with Gasteiger partial charge in [-0.1, -0.05) is 17.3 Å². The molecule has 1 aromatic rings. The predicted octanol–water partition coefficient (Wildman–Crippen LogP) is 2.18. The third-order valence-corrected chi connectivity index (χ3v) is 5.29. The van der Waals surface area contributed by atoms with Crippen LogP contribution in [0.25, 0.3) is 0 Å². The second kappa shape index (κ2) is 9.26. The Morgan fingerprint density at radius 2 is 1.69 bits per heavy atom. The van der Waals surface area contributed by atoms with Crippen molar-refractivity contribution in [3.63, 3.8) is 0 Å². The lowest BCUT2D eigenvalue weighted by Gasteiger charge is -2.44. The molecule has 0 amide bonds. The molecule has 29 heavy (non-hydrogen) atoms. The number of carbonyl (C=O) groups excluding carboxylic acids is 2. The Balaban J connectivity index is 2.65. The van der Waals surface area contributed by atoms with Crippen molar-refractivity contribution in [2.24, 2.45) is 17.0 Å². The summed E-state index contributed by atoms with van der Waals surface area (Å²) in [5, 5.41) is 23.9. The molecular weight excluding hydrogens is 376 g/mol. The fourth-order valence-corrected chi connectivity index (χ4v) is 4.00. The first-order valence-electron chi connectivity index (χ1n) is 9.71. The highest BCUT2D eigenvalue weighted by molar-refractivity contribution is 6.05. The van der Waals surface area contributed by atoms with Gasteiger partial charge in [0, 0.05) is 32.1 Å². The Kier molecular flexibility index (Phi) is 7.24. The summed E-state index contributed by atoms with van der Waals surface area (Å²) in [5.74, 6) is -4.07. The lowest BCUT2D eigenvalue weighted by molar-refractivity contribution is -0.163. The van der Waals surface area contributed by atoms with Crippen LogP contribution < -0.4 is 4.90 Å². The van der Waals surface area contributed by atoms with E-state index in [0.29, 0.717) is 5.56 Å². The van der Waals surface area contributed by atoms with E-state index in [1.165, 1.54) is 6.92 Å². The van der Waals surface area contributed by atoms with E-state index in [4.69, 9.17) is 9.47 Å². The molecule has 0 unspecified atom stereocenters. The molecule has 0 spiro atoms. The van der Waals surface area contributed by atoms with Gasteiger partial charge < -0.3 is 24.7 Å². The molecule has 8 heteroatoms. The smallest absolute Gasteiger partial charge is 0.315 e. The van der Waals surface area contributed by atoms with Crippen molar-refractivity contribution in [3.05, 3.63) is 29.8 Å². The maximum absolute atomic E-state index is 12.8. The topological polar surface area (TPSA) is 109 Å². The van der Waals surface area contributed by atoms with Crippen molar-refractivity contribution in [2.45, 2.75) is 38.7 Å². The van der Waals surface area contributed by atoms with Crippen LogP contribution in [0.4, 0.5) is 5.69 Å². The van der Waals surface area contributed by atoms with Gasteiger partial charge in [-0.15, -0.1) is 0 Å². The molecule has 1 fully saturated rings. The number of aliphatic hydroxyl groups is 1. The Morgan fingerprint density at radius 3 is 2.17 bits per heavy atom. The minimum Gasteiger partial charge on any atom is -0.466 e. The normalized spacial score (nSPS) is 28.1. The molecule has 0 saturated heterocycles. The van der Waals surface area contributed by atoms with Crippen LogP contribution in [0.1, 0.15) is 38.7 Å². The maximum atomic E-state index is 12.8. The summed E-state index contributed by atoms with van der Waals surface area (Å²) in [6.45, 7) is 5.13. The number of rotatable bonds is 6. The van der Waals surface area contributed by atoms with Gasteiger partial charge in [0.1, 0.15) is 5.92 Å². The first-order valence-corrected chi connectivity index (χ1v) is 9.71. The maximum Gasteiger partial charge on any atom is 0.315 e. The monoisotopic (exact) mass is 406 g/mol. The largest absolute Gasteiger partial charge is 0.466 e. The zero-order chi connectivity index (χ0) is 21.8. The molecule has 8 nitrogen and oxygen atoms in total. The molecule has 2 N–H and O–H groups in total. The Hall–Kier alpha value is -2.61. The molecule has 0 aromatic heterocycles. The molecule has 1 aliphatic carbocycles. The zero-order valence-electron chi connectivity index (χ0n) is 17.6. The van der Waals surface area contributed by atoms with Crippen LogP contribution in [0.3, 0.4) is 0 Å². The summed E-state index contributed by atoms with van der Waals surface area (Å²) >= 11 is 0. The number of carbonyl (C=O) groups is 2. The van der Waals surface area contributed by atoms with Gasteiger partial charge in [0.25, 0.3) is 0 Å². The van der Waals surface area contributed by atoms with E-state index >= 15 is 0 Å². The average molecular weight is 406 g/mol. The van der Waals surface area contributed by atoms with Crippen molar-refractivity contribution in [2.75, 3.05) is 32.2 Å². The summed E-state index contributed by atoms with van der Waals surface area (Å²) in [6, 6.07) is 7.32. The molecule has 2 rings (SSSR count). The highest BCUT2D eigenvalue weighted by atomic mass is 16.5. The van der Waals surface area contributed by atoms with Gasteiger partial charge in [-0.05, 0) is 38.5 Å². The van der Waals surface area contributed by atoms with E-state index in [9.17, 15) is 19.9 Å². The highest BCUT2D eigenvalue weighted by Gasteiger charge is 2.56. The van der Waals surface area contributed by atoms with Crippen LogP contribution in [-0.4, -0.2) is 60.9 Å². The molecular formula is C21H30N2O6. The van der Waals surface area contributed by atoms with Gasteiger partial charge in [0.05, 0.1) is 30.4 Å². The van der Waals surface area contributed by atoms with Crippen molar-refractivity contribution in [3.8, 4) is 0 Å². The number of oxime groups is 1. The van der Waals surface area contributed by atoms with Gasteiger partial charge in [0.15, 0.2) is 0 Å². The zero-order valence-corrected chi connectivity index (χ0v) is 17.6. The third kappa shape index (κ3) is 4.70. The number of hydrogen-bond acceptors (Lipinski definition) is 8.